The largest absolute Gasteiger partial charge is 0.508 e. The van der Waals surface area contributed by atoms with Gasteiger partial charge in [0.1, 0.15) is 11.5 Å². The van der Waals surface area contributed by atoms with Crippen LogP contribution >= 0.6 is 0 Å². The number of cyclic esters (lactones) is 1. The van der Waals surface area contributed by atoms with Crippen molar-refractivity contribution in [3.8, 4) is 11.5 Å². The number of ether oxygens (including phenoxy) is 3. The summed E-state index contributed by atoms with van der Waals surface area (Å²) in [6.45, 7) is 11.7. The molecular weight excluding hydrogens is 472 g/mol. The number of carbonyl (C=O) groups is 2. The van der Waals surface area contributed by atoms with Gasteiger partial charge in [-0.1, -0.05) is 55.8 Å². The minimum Gasteiger partial charge on any atom is -0.508 e. The van der Waals surface area contributed by atoms with Gasteiger partial charge in [-0.2, -0.15) is 0 Å². The second-order valence-corrected chi connectivity index (χ2v) is 9.90. The maximum Gasteiger partial charge on any atom is 0.375 e. The minimum absolute atomic E-state index is 0.0240. The third-order valence-electron chi connectivity index (χ3n) is 6.59. The highest BCUT2D eigenvalue weighted by molar-refractivity contribution is 6.11. The lowest BCUT2D eigenvalue weighted by molar-refractivity contribution is -0.169. The van der Waals surface area contributed by atoms with Crippen LogP contribution in [0.4, 0.5) is 0 Å². The van der Waals surface area contributed by atoms with E-state index in [0.29, 0.717) is 28.7 Å². The molecule has 0 aromatic heterocycles. The summed E-state index contributed by atoms with van der Waals surface area (Å²) in [5, 5.41) is 20.9. The third-order valence-corrected chi connectivity index (χ3v) is 6.59. The van der Waals surface area contributed by atoms with Crippen molar-refractivity contribution >= 4 is 17.5 Å². The second-order valence-electron chi connectivity index (χ2n) is 9.90. The molecule has 1 unspecified atom stereocenters. The zero-order valence-corrected chi connectivity index (χ0v) is 22.2. The molecule has 2 aromatic rings. The predicted molar refractivity (Wildman–Crippen MR) is 141 cm³/mol. The molecule has 196 valence electrons. The molecule has 0 saturated heterocycles. The molecule has 0 aliphatic carbocycles. The van der Waals surface area contributed by atoms with Crippen molar-refractivity contribution in [3.05, 3.63) is 88.7 Å². The fourth-order valence-electron chi connectivity index (χ4n) is 4.44. The first kappa shape index (κ1) is 27.6. The van der Waals surface area contributed by atoms with Crippen LogP contribution in [0.1, 0.15) is 49.9 Å². The van der Waals surface area contributed by atoms with Gasteiger partial charge in [-0.25, -0.2) is 9.59 Å². The Balaban J connectivity index is 2.28. The molecule has 0 amide bonds. The van der Waals surface area contributed by atoms with Gasteiger partial charge in [0.15, 0.2) is 0 Å². The average Bonchev–Trinajstić information content (AvgIpc) is 3.15. The quantitative estimate of drug-likeness (QED) is 0.359. The number of phenols is 2. The number of hydrogen-bond donors (Lipinski definition) is 2. The molecule has 1 heterocycles. The van der Waals surface area contributed by atoms with Gasteiger partial charge in [-0.3, -0.25) is 0 Å². The number of esters is 2. The minimum atomic E-state index is -1.85. The standard InChI is InChI=1S/C30H34O7/c1-8-29(4,5)23-16-19(15-21(25(23)32)10-9-18(2)3)17-30(28(34)36-7)24(26(35-6)27(33)37-30)20-11-13-22(31)14-12-20/h8-9,11-16,31-32H,1,10,17H2,2-7H3. The van der Waals surface area contributed by atoms with Crippen LogP contribution in [0.25, 0.3) is 5.57 Å². The van der Waals surface area contributed by atoms with Crippen LogP contribution in [0.2, 0.25) is 0 Å². The van der Waals surface area contributed by atoms with Crippen molar-refractivity contribution in [2.45, 2.75) is 51.6 Å². The Morgan fingerprint density at radius 3 is 2.32 bits per heavy atom. The summed E-state index contributed by atoms with van der Waals surface area (Å²) >= 11 is 0. The number of phenolic OH excluding ortho intramolecular Hbond substituents is 2. The van der Waals surface area contributed by atoms with Gasteiger partial charge < -0.3 is 24.4 Å². The number of methoxy groups -OCH3 is 2. The SMILES string of the molecule is C=CC(C)(C)c1cc(CC2(C(=O)OC)OC(=O)C(OC)=C2c2ccc(O)cc2)cc(CC=C(C)C)c1O. The van der Waals surface area contributed by atoms with E-state index in [4.69, 9.17) is 14.2 Å². The molecule has 7 nitrogen and oxygen atoms in total. The maximum atomic E-state index is 13.4. The van der Waals surface area contributed by atoms with Gasteiger partial charge >= 0.3 is 11.9 Å². The Morgan fingerprint density at radius 1 is 1.14 bits per heavy atom. The van der Waals surface area contributed by atoms with E-state index in [0.717, 1.165) is 5.57 Å². The van der Waals surface area contributed by atoms with E-state index < -0.39 is 23.0 Å². The first-order chi connectivity index (χ1) is 17.4. The topological polar surface area (TPSA) is 102 Å². The normalized spacial score (nSPS) is 17.3. The van der Waals surface area contributed by atoms with Gasteiger partial charge in [0, 0.05) is 17.4 Å². The van der Waals surface area contributed by atoms with Crippen molar-refractivity contribution in [1.82, 2.24) is 0 Å². The second kappa shape index (κ2) is 10.5. The number of benzene rings is 2. The van der Waals surface area contributed by atoms with Crippen LogP contribution in [-0.4, -0.2) is 42.0 Å². The number of aromatic hydroxyl groups is 2. The van der Waals surface area contributed by atoms with E-state index in [1.54, 1.807) is 30.3 Å². The molecule has 1 aliphatic rings. The summed E-state index contributed by atoms with van der Waals surface area (Å²) in [5.74, 6) is -1.53. The van der Waals surface area contributed by atoms with E-state index in [2.05, 4.69) is 6.58 Å². The lowest BCUT2D eigenvalue weighted by Gasteiger charge is -2.30. The molecule has 2 aromatic carbocycles. The molecule has 7 heteroatoms. The molecule has 1 aliphatic heterocycles. The zero-order valence-electron chi connectivity index (χ0n) is 22.2. The number of carbonyl (C=O) groups excluding carboxylic acids is 2. The molecule has 0 fully saturated rings. The molecule has 0 radical (unpaired) electrons. The Morgan fingerprint density at radius 2 is 1.78 bits per heavy atom. The summed E-state index contributed by atoms with van der Waals surface area (Å²) in [5.41, 5.74) is 1.25. The summed E-state index contributed by atoms with van der Waals surface area (Å²) in [6.07, 6.45) is 4.14. The van der Waals surface area contributed by atoms with Gasteiger partial charge in [0.05, 0.1) is 19.8 Å². The Bertz CT molecular complexity index is 1280. The molecule has 0 bridgehead atoms. The smallest absolute Gasteiger partial charge is 0.375 e. The van der Waals surface area contributed by atoms with Crippen molar-refractivity contribution < 1.29 is 34.0 Å². The first-order valence-corrected chi connectivity index (χ1v) is 11.9. The van der Waals surface area contributed by atoms with E-state index in [-0.39, 0.29) is 29.3 Å². The summed E-state index contributed by atoms with van der Waals surface area (Å²) in [4.78, 5) is 26.3. The van der Waals surface area contributed by atoms with Crippen LogP contribution in [0.15, 0.2) is 66.5 Å². The van der Waals surface area contributed by atoms with Gasteiger partial charge in [-0.15, -0.1) is 6.58 Å². The van der Waals surface area contributed by atoms with Crippen molar-refractivity contribution in [3.63, 3.8) is 0 Å². The predicted octanol–water partition coefficient (Wildman–Crippen LogP) is 5.14. The van der Waals surface area contributed by atoms with Gasteiger partial charge in [0.2, 0.25) is 11.4 Å². The zero-order chi connectivity index (χ0) is 27.5. The molecule has 37 heavy (non-hydrogen) atoms. The fourth-order valence-corrected chi connectivity index (χ4v) is 4.44. The monoisotopic (exact) mass is 506 g/mol. The van der Waals surface area contributed by atoms with Crippen LogP contribution in [0, 0.1) is 0 Å². The van der Waals surface area contributed by atoms with Gasteiger partial charge in [0.25, 0.3) is 0 Å². The lowest BCUT2D eigenvalue weighted by atomic mass is 9.78. The molecule has 0 saturated carbocycles. The van der Waals surface area contributed by atoms with Crippen LogP contribution in [0.5, 0.6) is 11.5 Å². The Hall–Kier alpha value is -4.00. The van der Waals surface area contributed by atoms with Crippen LogP contribution in [-0.2, 0) is 42.1 Å². The number of hydrogen-bond acceptors (Lipinski definition) is 7. The molecule has 1 atom stereocenters. The third kappa shape index (κ3) is 5.26. The molecule has 3 rings (SSSR count). The Kier molecular flexibility index (Phi) is 7.86. The van der Waals surface area contributed by atoms with E-state index >= 15 is 0 Å². The van der Waals surface area contributed by atoms with Crippen molar-refractivity contribution in [2.75, 3.05) is 14.2 Å². The van der Waals surface area contributed by atoms with E-state index in [1.165, 1.54) is 26.4 Å². The number of rotatable bonds is 9. The summed E-state index contributed by atoms with van der Waals surface area (Å²) < 4.78 is 16.3. The fraction of sp³-hybridized carbons (Fsp3) is 0.333. The average molecular weight is 507 g/mol. The van der Waals surface area contributed by atoms with Crippen LogP contribution < -0.4 is 0 Å². The van der Waals surface area contributed by atoms with Crippen LogP contribution in [0.3, 0.4) is 0 Å². The van der Waals surface area contributed by atoms with E-state index in [1.807, 2.05) is 33.8 Å². The first-order valence-electron chi connectivity index (χ1n) is 11.9. The summed E-state index contributed by atoms with van der Waals surface area (Å²) in [6, 6.07) is 9.64. The lowest BCUT2D eigenvalue weighted by Crippen LogP contribution is -2.44. The van der Waals surface area contributed by atoms with E-state index in [9.17, 15) is 19.8 Å². The maximum absolute atomic E-state index is 13.4. The highest BCUT2D eigenvalue weighted by Gasteiger charge is 2.56. The molecular formula is C30H34O7. The van der Waals surface area contributed by atoms with Crippen molar-refractivity contribution in [2.24, 2.45) is 0 Å². The van der Waals surface area contributed by atoms with Gasteiger partial charge in [-0.05, 0) is 49.1 Å². The molecule has 0 spiro atoms. The highest BCUT2D eigenvalue weighted by atomic mass is 16.6. The van der Waals surface area contributed by atoms with Crippen molar-refractivity contribution in [1.29, 1.82) is 0 Å². The highest BCUT2D eigenvalue weighted by Crippen LogP contribution is 2.45. The summed E-state index contributed by atoms with van der Waals surface area (Å²) in [7, 11) is 2.55. The number of allylic oxidation sites excluding steroid dienone is 3. The molecule has 2 N–H and O–H groups in total. The Labute approximate surface area is 217 Å².